The van der Waals surface area contributed by atoms with Crippen LogP contribution in [-0.4, -0.2) is 42.0 Å². The van der Waals surface area contributed by atoms with Gasteiger partial charge in [-0.25, -0.2) is 0 Å². The first-order chi connectivity index (χ1) is 14.1. The van der Waals surface area contributed by atoms with Gasteiger partial charge in [-0.1, -0.05) is 48.2 Å². The Bertz CT molecular complexity index is 913. The third kappa shape index (κ3) is 5.52. The molecule has 0 saturated carbocycles. The van der Waals surface area contributed by atoms with E-state index in [-0.39, 0.29) is 5.91 Å². The molecule has 7 heteroatoms. The van der Waals surface area contributed by atoms with Crippen molar-refractivity contribution in [2.45, 2.75) is 13.3 Å². The second-order valence-corrected chi connectivity index (χ2v) is 7.88. The minimum absolute atomic E-state index is 0.0395. The predicted molar refractivity (Wildman–Crippen MR) is 121 cm³/mol. The third-order valence-corrected chi connectivity index (χ3v) is 5.61. The van der Waals surface area contributed by atoms with Gasteiger partial charge in [0, 0.05) is 13.0 Å². The van der Waals surface area contributed by atoms with Crippen LogP contribution in [0, 0.1) is 0 Å². The second kappa shape index (κ2) is 10.3. The number of methoxy groups -OCH3 is 1. The molecular formula is C22H23NO4S2. The smallest absolute Gasteiger partial charge is 0.266 e. The number of thiocarbonyl (C=S) groups is 1. The van der Waals surface area contributed by atoms with E-state index in [4.69, 9.17) is 26.4 Å². The summed E-state index contributed by atoms with van der Waals surface area (Å²) in [6.45, 7) is 3.55. The zero-order chi connectivity index (χ0) is 20.6. The van der Waals surface area contributed by atoms with Gasteiger partial charge in [0.15, 0.2) is 11.5 Å². The largest absolute Gasteiger partial charge is 0.493 e. The molecule has 0 N–H and O–H groups in total. The molecule has 0 aliphatic carbocycles. The summed E-state index contributed by atoms with van der Waals surface area (Å²) >= 11 is 6.59. The van der Waals surface area contributed by atoms with Crippen LogP contribution in [0.5, 0.6) is 17.2 Å². The van der Waals surface area contributed by atoms with Gasteiger partial charge in [-0.3, -0.25) is 9.69 Å². The summed E-state index contributed by atoms with van der Waals surface area (Å²) in [7, 11) is 1.62. The fourth-order valence-corrected chi connectivity index (χ4v) is 4.17. The van der Waals surface area contributed by atoms with Gasteiger partial charge < -0.3 is 14.2 Å². The number of likely N-dealkylation sites (N-methyl/N-ethyl adjacent to an activating group) is 1. The lowest BCUT2D eigenvalue weighted by molar-refractivity contribution is -0.121. The lowest BCUT2D eigenvalue weighted by Crippen LogP contribution is -2.27. The van der Waals surface area contributed by atoms with Gasteiger partial charge in [0.2, 0.25) is 0 Å². The van der Waals surface area contributed by atoms with E-state index in [1.807, 2.05) is 61.5 Å². The Hall–Kier alpha value is -2.51. The number of hydrogen-bond donors (Lipinski definition) is 0. The summed E-state index contributed by atoms with van der Waals surface area (Å²) in [6, 6.07) is 15.2. The van der Waals surface area contributed by atoms with E-state index in [2.05, 4.69) is 0 Å². The number of nitrogens with zero attached hydrogens (tertiary/aromatic N) is 1. The Morgan fingerprint density at radius 1 is 1.07 bits per heavy atom. The van der Waals surface area contributed by atoms with Crippen LogP contribution in [-0.2, 0) is 4.79 Å². The number of para-hydroxylation sites is 2. The lowest BCUT2D eigenvalue weighted by Gasteiger charge is -2.11. The molecule has 0 radical (unpaired) electrons. The summed E-state index contributed by atoms with van der Waals surface area (Å²) < 4.78 is 17.4. The molecule has 1 amide bonds. The first-order valence-corrected chi connectivity index (χ1v) is 10.6. The maximum atomic E-state index is 12.3. The molecule has 2 aromatic carbocycles. The number of thioether (sulfide) groups is 1. The molecule has 1 aliphatic heterocycles. The molecule has 0 unspecified atom stereocenters. The van der Waals surface area contributed by atoms with E-state index in [1.165, 1.54) is 11.8 Å². The van der Waals surface area contributed by atoms with Crippen molar-refractivity contribution in [2.24, 2.45) is 0 Å². The number of amides is 1. The van der Waals surface area contributed by atoms with E-state index in [1.54, 1.807) is 12.0 Å². The molecule has 5 nitrogen and oxygen atoms in total. The first-order valence-electron chi connectivity index (χ1n) is 9.36. The van der Waals surface area contributed by atoms with Gasteiger partial charge in [-0.2, -0.15) is 0 Å². The first kappa shape index (κ1) is 21.2. The summed E-state index contributed by atoms with van der Waals surface area (Å²) in [5.41, 5.74) is 0.907. The van der Waals surface area contributed by atoms with Crippen LogP contribution < -0.4 is 14.2 Å². The van der Waals surface area contributed by atoms with Crippen LogP contribution in [0.15, 0.2) is 53.4 Å². The van der Waals surface area contributed by atoms with E-state index in [0.717, 1.165) is 29.2 Å². The van der Waals surface area contributed by atoms with Gasteiger partial charge in [-0.15, -0.1) is 0 Å². The quantitative estimate of drug-likeness (QED) is 0.325. The number of rotatable bonds is 9. The van der Waals surface area contributed by atoms with Crippen molar-refractivity contribution in [3.8, 4) is 17.2 Å². The van der Waals surface area contributed by atoms with Crippen molar-refractivity contribution < 1.29 is 19.0 Å². The van der Waals surface area contributed by atoms with Crippen LogP contribution in [0.1, 0.15) is 18.9 Å². The molecule has 152 valence electrons. The summed E-state index contributed by atoms with van der Waals surface area (Å²) in [6.07, 6.45) is 2.59. The van der Waals surface area contributed by atoms with Gasteiger partial charge in [0.05, 0.1) is 25.2 Å². The SMILES string of the molecule is CCN1C(=O)/C(=C\c2cccc(OCCCOc3ccccc3OC)c2)SC1=S. The highest BCUT2D eigenvalue weighted by Crippen LogP contribution is 2.32. The van der Waals surface area contributed by atoms with Crippen LogP contribution in [0.2, 0.25) is 0 Å². The molecule has 1 aliphatic rings. The zero-order valence-electron chi connectivity index (χ0n) is 16.4. The Labute approximate surface area is 180 Å². The van der Waals surface area contributed by atoms with E-state index < -0.39 is 0 Å². The monoisotopic (exact) mass is 429 g/mol. The Morgan fingerprint density at radius 3 is 2.55 bits per heavy atom. The van der Waals surface area contributed by atoms with Gasteiger partial charge in [0.1, 0.15) is 10.1 Å². The number of carbonyl (C=O) groups is 1. The van der Waals surface area contributed by atoms with Crippen LogP contribution in [0.4, 0.5) is 0 Å². The number of hydrogen-bond acceptors (Lipinski definition) is 6. The Kier molecular flexibility index (Phi) is 7.55. The number of benzene rings is 2. The van der Waals surface area contributed by atoms with Crippen molar-refractivity contribution >= 4 is 40.3 Å². The maximum absolute atomic E-state index is 12.3. The highest BCUT2D eigenvalue weighted by Gasteiger charge is 2.30. The summed E-state index contributed by atoms with van der Waals surface area (Å²) in [5.74, 6) is 2.15. The summed E-state index contributed by atoms with van der Waals surface area (Å²) in [4.78, 5) is 14.6. The van der Waals surface area contributed by atoms with Crippen molar-refractivity contribution in [3.05, 3.63) is 59.0 Å². The predicted octanol–water partition coefficient (Wildman–Crippen LogP) is 4.76. The van der Waals surface area contributed by atoms with Gasteiger partial charge in [0.25, 0.3) is 5.91 Å². The number of carbonyl (C=O) groups excluding carboxylic acids is 1. The lowest BCUT2D eigenvalue weighted by atomic mass is 10.2. The van der Waals surface area contributed by atoms with Crippen LogP contribution >= 0.6 is 24.0 Å². The van der Waals surface area contributed by atoms with Crippen molar-refractivity contribution in [2.75, 3.05) is 26.9 Å². The van der Waals surface area contributed by atoms with Crippen molar-refractivity contribution in [3.63, 3.8) is 0 Å². The average Bonchev–Trinajstić information content (AvgIpc) is 3.00. The molecule has 1 fully saturated rings. The maximum Gasteiger partial charge on any atom is 0.266 e. The average molecular weight is 430 g/mol. The van der Waals surface area contributed by atoms with Crippen LogP contribution in [0.3, 0.4) is 0 Å². The van der Waals surface area contributed by atoms with Crippen molar-refractivity contribution in [1.29, 1.82) is 0 Å². The van der Waals surface area contributed by atoms with E-state index >= 15 is 0 Å². The van der Waals surface area contributed by atoms with Gasteiger partial charge in [-0.05, 0) is 42.8 Å². The summed E-state index contributed by atoms with van der Waals surface area (Å²) in [5, 5.41) is 0. The van der Waals surface area contributed by atoms with E-state index in [9.17, 15) is 4.79 Å². The molecule has 0 aromatic heterocycles. The highest BCUT2D eigenvalue weighted by molar-refractivity contribution is 8.26. The molecule has 3 rings (SSSR count). The topological polar surface area (TPSA) is 48.0 Å². The molecule has 0 spiro atoms. The normalized spacial score (nSPS) is 15.1. The molecule has 0 bridgehead atoms. The van der Waals surface area contributed by atoms with Crippen LogP contribution in [0.25, 0.3) is 6.08 Å². The third-order valence-electron chi connectivity index (χ3n) is 4.23. The zero-order valence-corrected chi connectivity index (χ0v) is 18.1. The molecule has 29 heavy (non-hydrogen) atoms. The molecule has 2 aromatic rings. The molecule has 1 heterocycles. The standard InChI is InChI=1S/C22H23NO4S2/c1-3-23-21(24)20(29-22(23)28)15-16-8-6-9-17(14-16)26-12-7-13-27-19-11-5-4-10-18(19)25-2/h4-6,8-11,14-15H,3,7,12-13H2,1-2H3/b20-15+. The fraction of sp³-hybridized carbons (Fsp3) is 0.273. The molecule has 1 saturated heterocycles. The highest BCUT2D eigenvalue weighted by atomic mass is 32.2. The molecular weight excluding hydrogens is 406 g/mol. The minimum Gasteiger partial charge on any atom is -0.493 e. The molecule has 0 atom stereocenters. The Balaban J connectivity index is 1.51. The fourth-order valence-electron chi connectivity index (χ4n) is 2.79. The van der Waals surface area contributed by atoms with Crippen molar-refractivity contribution in [1.82, 2.24) is 4.90 Å². The van der Waals surface area contributed by atoms with Gasteiger partial charge >= 0.3 is 0 Å². The Morgan fingerprint density at radius 2 is 1.83 bits per heavy atom. The van der Waals surface area contributed by atoms with E-state index in [0.29, 0.717) is 29.0 Å². The number of ether oxygens (including phenoxy) is 3. The minimum atomic E-state index is -0.0395. The second-order valence-electron chi connectivity index (χ2n) is 6.20.